The fraction of sp³-hybridized carbons (Fsp3) is 0.316. The molecule has 1 amide bonds. The van der Waals surface area contributed by atoms with E-state index in [0.29, 0.717) is 5.56 Å². The smallest absolute Gasteiger partial charge is 0.250 e. The van der Waals surface area contributed by atoms with Gasteiger partial charge in [0.15, 0.2) is 0 Å². The van der Waals surface area contributed by atoms with Gasteiger partial charge in [-0.15, -0.1) is 0 Å². The summed E-state index contributed by atoms with van der Waals surface area (Å²) in [4.78, 5) is 16.3. The lowest BCUT2D eigenvalue weighted by molar-refractivity contribution is 0.100. The Kier molecular flexibility index (Phi) is 5.33. The fourth-order valence-electron chi connectivity index (χ4n) is 3.07. The van der Waals surface area contributed by atoms with Gasteiger partial charge in [0.1, 0.15) is 0 Å². The Labute approximate surface area is 143 Å². The van der Waals surface area contributed by atoms with E-state index in [1.54, 1.807) is 6.07 Å². The molecule has 126 valence electrons. The van der Waals surface area contributed by atoms with Gasteiger partial charge in [-0.2, -0.15) is 0 Å². The van der Waals surface area contributed by atoms with E-state index < -0.39 is 5.91 Å². The van der Waals surface area contributed by atoms with Crippen LogP contribution in [0.2, 0.25) is 0 Å². The van der Waals surface area contributed by atoms with Gasteiger partial charge in [-0.3, -0.25) is 9.69 Å². The first-order valence-electron chi connectivity index (χ1n) is 8.39. The average molecular weight is 324 g/mol. The SMILES string of the molecule is NC(=O)c1ccccc1NCCN1CCN(c2ccccc2)CC1. The molecule has 0 atom stereocenters. The van der Waals surface area contributed by atoms with Crippen LogP contribution in [0, 0.1) is 0 Å². The number of anilines is 2. The number of nitrogens with two attached hydrogens (primary N) is 1. The van der Waals surface area contributed by atoms with E-state index in [4.69, 9.17) is 5.73 Å². The van der Waals surface area contributed by atoms with E-state index in [-0.39, 0.29) is 0 Å². The van der Waals surface area contributed by atoms with Crippen LogP contribution in [0.4, 0.5) is 11.4 Å². The fourth-order valence-corrected chi connectivity index (χ4v) is 3.07. The molecule has 1 saturated heterocycles. The molecule has 5 heteroatoms. The second-order valence-corrected chi connectivity index (χ2v) is 6.00. The number of para-hydroxylation sites is 2. The highest BCUT2D eigenvalue weighted by Gasteiger charge is 2.16. The van der Waals surface area contributed by atoms with Gasteiger partial charge in [-0.1, -0.05) is 30.3 Å². The highest BCUT2D eigenvalue weighted by Crippen LogP contribution is 2.16. The van der Waals surface area contributed by atoms with Crippen molar-refractivity contribution < 1.29 is 4.79 Å². The summed E-state index contributed by atoms with van der Waals surface area (Å²) in [5.41, 5.74) is 8.06. The minimum Gasteiger partial charge on any atom is -0.383 e. The Bertz CT molecular complexity index is 666. The minimum absolute atomic E-state index is 0.394. The van der Waals surface area contributed by atoms with Gasteiger partial charge >= 0.3 is 0 Å². The zero-order valence-electron chi connectivity index (χ0n) is 13.8. The molecule has 3 N–H and O–H groups in total. The Balaban J connectivity index is 1.45. The second kappa shape index (κ2) is 7.84. The van der Waals surface area contributed by atoms with Crippen molar-refractivity contribution in [1.82, 2.24) is 4.90 Å². The van der Waals surface area contributed by atoms with Gasteiger partial charge in [-0.05, 0) is 24.3 Å². The first-order valence-corrected chi connectivity index (χ1v) is 8.39. The Morgan fingerprint density at radius 2 is 1.62 bits per heavy atom. The second-order valence-electron chi connectivity index (χ2n) is 6.00. The number of carbonyl (C=O) groups excluding carboxylic acids is 1. The molecule has 2 aromatic rings. The third-order valence-electron chi connectivity index (χ3n) is 4.43. The third-order valence-corrected chi connectivity index (χ3v) is 4.43. The maximum atomic E-state index is 11.4. The van der Waals surface area contributed by atoms with Crippen LogP contribution in [0.3, 0.4) is 0 Å². The molecule has 2 aromatic carbocycles. The molecule has 0 spiro atoms. The number of nitrogens with zero attached hydrogens (tertiary/aromatic N) is 2. The lowest BCUT2D eigenvalue weighted by atomic mass is 10.1. The molecule has 1 heterocycles. The van der Waals surface area contributed by atoms with Crippen LogP contribution in [0.15, 0.2) is 54.6 Å². The van der Waals surface area contributed by atoms with E-state index >= 15 is 0 Å². The normalized spacial score (nSPS) is 15.2. The summed E-state index contributed by atoms with van der Waals surface area (Å²) in [6, 6.07) is 17.9. The molecule has 0 saturated carbocycles. The monoisotopic (exact) mass is 324 g/mol. The van der Waals surface area contributed by atoms with Crippen LogP contribution in [-0.4, -0.2) is 50.1 Å². The molecule has 0 unspecified atom stereocenters. The standard InChI is InChI=1S/C19H24N4O/c20-19(24)17-8-4-5-9-18(17)21-10-11-22-12-14-23(15-13-22)16-6-2-1-3-7-16/h1-9,21H,10-15H2,(H2,20,24). The summed E-state index contributed by atoms with van der Waals surface area (Å²) >= 11 is 0. The molecule has 1 aliphatic heterocycles. The summed E-state index contributed by atoms with van der Waals surface area (Å²) in [5, 5.41) is 3.33. The van der Waals surface area contributed by atoms with Gasteiger partial charge in [0.25, 0.3) is 5.91 Å². The Morgan fingerprint density at radius 3 is 2.33 bits per heavy atom. The number of amides is 1. The van der Waals surface area contributed by atoms with Crippen LogP contribution in [0.1, 0.15) is 10.4 Å². The van der Waals surface area contributed by atoms with Crippen molar-refractivity contribution in [1.29, 1.82) is 0 Å². The summed E-state index contributed by atoms with van der Waals surface area (Å²) in [6.45, 7) is 5.94. The van der Waals surface area contributed by atoms with E-state index in [9.17, 15) is 4.79 Å². The molecular formula is C19H24N4O. The molecule has 1 aliphatic rings. The highest BCUT2D eigenvalue weighted by molar-refractivity contribution is 5.98. The molecule has 0 bridgehead atoms. The minimum atomic E-state index is -0.394. The van der Waals surface area contributed by atoms with Gasteiger partial charge in [0, 0.05) is 50.6 Å². The maximum Gasteiger partial charge on any atom is 0.250 e. The number of piperazine rings is 1. The summed E-state index contributed by atoms with van der Waals surface area (Å²) in [7, 11) is 0. The third kappa shape index (κ3) is 4.06. The Hall–Kier alpha value is -2.53. The number of hydrogen-bond acceptors (Lipinski definition) is 4. The molecule has 5 nitrogen and oxygen atoms in total. The van der Waals surface area contributed by atoms with Crippen molar-refractivity contribution in [3.8, 4) is 0 Å². The van der Waals surface area contributed by atoms with E-state index in [1.165, 1.54) is 5.69 Å². The first-order chi connectivity index (χ1) is 11.7. The van der Waals surface area contributed by atoms with Gasteiger partial charge in [0.2, 0.25) is 0 Å². The summed E-state index contributed by atoms with van der Waals surface area (Å²) in [6.07, 6.45) is 0. The Morgan fingerprint density at radius 1 is 0.958 bits per heavy atom. The van der Waals surface area contributed by atoms with Crippen molar-refractivity contribution in [3.63, 3.8) is 0 Å². The van der Waals surface area contributed by atoms with Crippen molar-refractivity contribution in [3.05, 3.63) is 60.2 Å². The predicted octanol–water partition coefficient (Wildman–Crippen LogP) is 2.02. The van der Waals surface area contributed by atoms with Crippen LogP contribution < -0.4 is 16.0 Å². The molecule has 3 rings (SSSR count). The van der Waals surface area contributed by atoms with E-state index in [1.807, 2.05) is 18.2 Å². The van der Waals surface area contributed by atoms with Crippen molar-refractivity contribution >= 4 is 17.3 Å². The number of primary amides is 1. The number of hydrogen-bond donors (Lipinski definition) is 2. The summed E-state index contributed by atoms with van der Waals surface area (Å²) < 4.78 is 0. The number of nitrogens with one attached hydrogen (secondary N) is 1. The topological polar surface area (TPSA) is 61.6 Å². The summed E-state index contributed by atoms with van der Waals surface area (Å²) in [5.74, 6) is -0.394. The van der Waals surface area contributed by atoms with Crippen LogP contribution in [0.5, 0.6) is 0 Å². The number of benzene rings is 2. The molecule has 0 radical (unpaired) electrons. The molecular weight excluding hydrogens is 300 g/mol. The van der Waals surface area contributed by atoms with Gasteiger partial charge < -0.3 is 16.0 Å². The van der Waals surface area contributed by atoms with E-state index in [2.05, 4.69) is 45.4 Å². The van der Waals surface area contributed by atoms with Gasteiger partial charge in [-0.25, -0.2) is 0 Å². The lowest BCUT2D eigenvalue weighted by Gasteiger charge is -2.36. The highest BCUT2D eigenvalue weighted by atomic mass is 16.1. The average Bonchev–Trinajstić information content (AvgIpc) is 2.63. The van der Waals surface area contributed by atoms with Crippen LogP contribution >= 0.6 is 0 Å². The molecule has 1 fully saturated rings. The molecule has 0 aliphatic carbocycles. The van der Waals surface area contributed by atoms with Crippen LogP contribution in [-0.2, 0) is 0 Å². The number of rotatable bonds is 6. The van der Waals surface area contributed by atoms with E-state index in [0.717, 1.165) is 45.0 Å². The largest absolute Gasteiger partial charge is 0.383 e. The molecule has 0 aromatic heterocycles. The van der Waals surface area contributed by atoms with Gasteiger partial charge in [0.05, 0.1) is 5.56 Å². The maximum absolute atomic E-state index is 11.4. The zero-order chi connectivity index (χ0) is 16.8. The van der Waals surface area contributed by atoms with Crippen LogP contribution in [0.25, 0.3) is 0 Å². The quantitative estimate of drug-likeness (QED) is 0.853. The number of carbonyl (C=O) groups is 1. The predicted molar refractivity (Wildman–Crippen MR) is 98.5 cm³/mol. The van der Waals surface area contributed by atoms with Crippen molar-refractivity contribution in [2.24, 2.45) is 5.73 Å². The van der Waals surface area contributed by atoms with Crippen molar-refractivity contribution in [2.45, 2.75) is 0 Å². The van der Waals surface area contributed by atoms with Crippen molar-refractivity contribution in [2.75, 3.05) is 49.5 Å². The zero-order valence-corrected chi connectivity index (χ0v) is 13.8. The molecule has 24 heavy (non-hydrogen) atoms. The lowest BCUT2D eigenvalue weighted by Crippen LogP contribution is -2.47. The first kappa shape index (κ1) is 16.3.